The predicted molar refractivity (Wildman–Crippen MR) is 97.2 cm³/mol. The van der Waals surface area contributed by atoms with Crippen molar-refractivity contribution < 1.29 is 24.2 Å². The second-order valence-electron chi connectivity index (χ2n) is 6.78. The number of carboxylic acid groups (broad SMARTS) is 1. The molecular weight excluding hydrogens is 350 g/mol. The number of carbonyl (C=O) groups is 2. The molecule has 1 aliphatic heterocycles. The van der Waals surface area contributed by atoms with Crippen molar-refractivity contribution in [3.63, 3.8) is 0 Å². The van der Waals surface area contributed by atoms with Crippen molar-refractivity contribution in [2.45, 2.75) is 20.0 Å². The summed E-state index contributed by atoms with van der Waals surface area (Å²) >= 11 is 0. The fourth-order valence-electron chi connectivity index (χ4n) is 2.71. The molecule has 1 aromatic carbocycles. The summed E-state index contributed by atoms with van der Waals surface area (Å²) in [5.41, 5.74) is 0.974. The zero-order valence-corrected chi connectivity index (χ0v) is 15.4. The maximum Gasteiger partial charge on any atom is 0.334 e. The molecule has 8 heteroatoms. The Morgan fingerprint density at radius 3 is 2.74 bits per heavy atom. The Morgan fingerprint density at radius 2 is 2.07 bits per heavy atom. The minimum Gasteiger partial charge on any atom is -0.489 e. The maximum absolute atomic E-state index is 13.0. The monoisotopic (exact) mass is 373 g/mol. The van der Waals surface area contributed by atoms with Crippen LogP contribution in [0.1, 0.15) is 24.3 Å². The summed E-state index contributed by atoms with van der Waals surface area (Å²) in [5.74, 6) is -0.777. The number of aliphatic carboxylic acids is 1. The molecule has 1 aliphatic rings. The van der Waals surface area contributed by atoms with Gasteiger partial charge < -0.3 is 19.5 Å². The molecule has 27 heavy (non-hydrogen) atoms. The number of amides is 1. The number of hydrogen-bond acceptors (Lipinski definition) is 5. The summed E-state index contributed by atoms with van der Waals surface area (Å²) in [5, 5.41) is 13.6. The van der Waals surface area contributed by atoms with E-state index < -0.39 is 12.1 Å². The topological polar surface area (TPSA) is 93.9 Å². The second kappa shape index (κ2) is 8.22. The average Bonchev–Trinajstić information content (AvgIpc) is 3.11. The molecule has 3 rings (SSSR count). The zero-order valence-electron chi connectivity index (χ0n) is 15.4. The van der Waals surface area contributed by atoms with Crippen LogP contribution in [0.4, 0.5) is 0 Å². The van der Waals surface area contributed by atoms with Crippen molar-refractivity contribution in [1.29, 1.82) is 0 Å². The molecular formula is C19H23N3O5. The molecule has 0 saturated carbocycles. The second-order valence-corrected chi connectivity index (χ2v) is 6.78. The molecule has 8 nitrogen and oxygen atoms in total. The first-order valence-corrected chi connectivity index (χ1v) is 8.87. The normalized spacial score (nSPS) is 17.1. The van der Waals surface area contributed by atoms with Crippen LogP contribution >= 0.6 is 0 Å². The van der Waals surface area contributed by atoms with Gasteiger partial charge in [-0.2, -0.15) is 5.10 Å². The summed E-state index contributed by atoms with van der Waals surface area (Å²) in [4.78, 5) is 25.6. The van der Waals surface area contributed by atoms with Gasteiger partial charge in [0.15, 0.2) is 17.5 Å². The lowest BCUT2D eigenvalue weighted by molar-refractivity contribution is -0.154. The molecule has 0 aliphatic carbocycles. The van der Waals surface area contributed by atoms with Gasteiger partial charge >= 0.3 is 5.97 Å². The van der Waals surface area contributed by atoms with Crippen LogP contribution in [-0.2, 0) is 9.53 Å². The largest absolute Gasteiger partial charge is 0.489 e. The minimum absolute atomic E-state index is 0.0179. The van der Waals surface area contributed by atoms with Crippen LogP contribution in [0.15, 0.2) is 36.5 Å². The van der Waals surface area contributed by atoms with E-state index in [0.29, 0.717) is 18.9 Å². The minimum atomic E-state index is -1.08. The number of hydrogen-bond donors (Lipinski definition) is 1. The predicted octanol–water partition coefficient (Wildman–Crippen LogP) is 1.83. The van der Waals surface area contributed by atoms with E-state index in [1.807, 2.05) is 44.2 Å². The number of morpholine rings is 1. The molecule has 2 heterocycles. The number of carbonyl (C=O) groups excluding carboxylic acids is 1. The Bertz CT molecular complexity index is 803. The van der Waals surface area contributed by atoms with Gasteiger partial charge in [-0.25, -0.2) is 9.48 Å². The van der Waals surface area contributed by atoms with Crippen LogP contribution in [0.2, 0.25) is 0 Å². The molecule has 1 fully saturated rings. The van der Waals surface area contributed by atoms with Crippen LogP contribution in [0.5, 0.6) is 5.75 Å². The van der Waals surface area contributed by atoms with Crippen LogP contribution < -0.4 is 4.74 Å². The van der Waals surface area contributed by atoms with Crippen LogP contribution in [0, 0.1) is 5.92 Å². The lowest BCUT2D eigenvalue weighted by Gasteiger charge is -2.30. The molecule has 1 atom stereocenters. The molecule has 0 radical (unpaired) electrons. The van der Waals surface area contributed by atoms with Crippen molar-refractivity contribution >= 4 is 11.9 Å². The van der Waals surface area contributed by atoms with Gasteiger partial charge in [-0.15, -0.1) is 0 Å². The summed E-state index contributed by atoms with van der Waals surface area (Å²) in [7, 11) is 0. The van der Waals surface area contributed by atoms with Crippen LogP contribution in [0.25, 0.3) is 5.69 Å². The average molecular weight is 373 g/mol. The number of benzene rings is 1. The number of para-hydroxylation sites is 1. The molecule has 144 valence electrons. The number of rotatable bonds is 6. The summed E-state index contributed by atoms with van der Waals surface area (Å²) < 4.78 is 12.6. The molecule has 2 aromatic rings. The number of carboxylic acids is 1. The fourth-order valence-corrected chi connectivity index (χ4v) is 2.71. The standard InChI is InChI=1S/C19H23N3O5/c1-13(2)12-27-15-11-22(14-6-4-3-5-7-14)20-17(15)18(23)21-8-9-26-16(10-21)19(24)25/h3-7,11,13,16H,8-10,12H2,1-2H3,(H,24,25)/t16-/m1/s1. The molecule has 0 unspecified atom stereocenters. The summed E-state index contributed by atoms with van der Waals surface area (Å²) in [6, 6.07) is 9.42. The van der Waals surface area contributed by atoms with E-state index in [1.165, 1.54) is 4.90 Å². The number of aromatic nitrogens is 2. The third-order valence-electron chi connectivity index (χ3n) is 4.11. The zero-order chi connectivity index (χ0) is 19.4. The molecule has 1 aromatic heterocycles. The van der Waals surface area contributed by atoms with Crippen molar-refractivity contribution in [2.75, 3.05) is 26.3 Å². The molecule has 0 bridgehead atoms. The Hall–Kier alpha value is -2.87. The Labute approximate surface area is 157 Å². The first-order chi connectivity index (χ1) is 13.0. The van der Waals surface area contributed by atoms with E-state index in [2.05, 4.69) is 5.10 Å². The highest BCUT2D eigenvalue weighted by Gasteiger charge is 2.32. The molecule has 0 spiro atoms. The van der Waals surface area contributed by atoms with Crippen LogP contribution in [0.3, 0.4) is 0 Å². The van der Waals surface area contributed by atoms with Gasteiger partial charge in [0, 0.05) is 6.54 Å². The highest BCUT2D eigenvalue weighted by atomic mass is 16.5. The van der Waals surface area contributed by atoms with Crippen molar-refractivity contribution in [2.24, 2.45) is 5.92 Å². The third-order valence-corrected chi connectivity index (χ3v) is 4.11. The van der Waals surface area contributed by atoms with Gasteiger partial charge in [0.05, 0.1) is 31.6 Å². The molecule has 1 saturated heterocycles. The van der Waals surface area contributed by atoms with E-state index in [-0.39, 0.29) is 30.7 Å². The Kier molecular flexibility index (Phi) is 5.75. The van der Waals surface area contributed by atoms with E-state index >= 15 is 0 Å². The first-order valence-electron chi connectivity index (χ1n) is 8.87. The number of nitrogens with zero attached hydrogens (tertiary/aromatic N) is 3. The molecule has 1 amide bonds. The Balaban J connectivity index is 1.88. The van der Waals surface area contributed by atoms with E-state index in [1.54, 1.807) is 10.9 Å². The van der Waals surface area contributed by atoms with Crippen LogP contribution in [-0.4, -0.2) is 64.1 Å². The van der Waals surface area contributed by atoms with Gasteiger partial charge in [-0.3, -0.25) is 4.79 Å². The van der Waals surface area contributed by atoms with Crippen molar-refractivity contribution in [3.05, 3.63) is 42.2 Å². The molecule has 1 N–H and O–H groups in total. The number of ether oxygens (including phenoxy) is 2. The van der Waals surface area contributed by atoms with Crippen molar-refractivity contribution in [3.8, 4) is 11.4 Å². The van der Waals surface area contributed by atoms with E-state index in [9.17, 15) is 9.59 Å². The summed E-state index contributed by atoms with van der Waals surface area (Å²) in [6.45, 7) is 4.94. The van der Waals surface area contributed by atoms with E-state index in [4.69, 9.17) is 14.6 Å². The smallest absolute Gasteiger partial charge is 0.334 e. The van der Waals surface area contributed by atoms with Gasteiger partial charge in [-0.1, -0.05) is 32.0 Å². The van der Waals surface area contributed by atoms with Crippen molar-refractivity contribution in [1.82, 2.24) is 14.7 Å². The van der Waals surface area contributed by atoms with Gasteiger partial charge in [0.25, 0.3) is 5.91 Å². The lowest BCUT2D eigenvalue weighted by atomic mass is 10.2. The third kappa shape index (κ3) is 4.46. The van der Waals surface area contributed by atoms with E-state index in [0.717, 1.165) is 5.69 Å². The quantitative estimate of drug-likeness (QED) is 0.830. The highest BCUT2D eigenvalue weighted by Crippen LogP contribution is 2.23. The highest BCUT2D eigenvalue weighted by molar-refractivity contribution is 5.95. The summed E-state index contributed by atoms with van der Waals surface area (Å²) in [6.07, 6.45) is 0.652. The maximum atomic E-state index is 13.0. The SMILES string of the molecule is CC(C)COc1cn(-c2ccccc2)nc1C(=O)N1CCO[C@@H](C(=O)O)C1. The van der Waals surface area contributed by atoms with Gasteiger partial charge in [0.2, 0.25) is 0 Å². The fraction of sp³-hybridized carbons (Fsp3) is 0.421. The van der Waals surface area contributed by atoms with Gasteiger partial charge in [0.1, 0.15) is 0 Å². The van der Waals surface area contributed by atoms with Gasteiger partial charge in [-0.05, 0) is 18.1 Å². The Morgan fingerprint density at radius 1 is 1.33 bits per heavy atom. The first kappa shape index (κ1) is 18.9. The lowest BCUT2D eigenvalue weighted by Crippen LogP contribution is -2.48.